The zero-order valence-corrected chi connectivity index (χ0v) is 15.9. The van der Waals surface area contributed by atoms with Gasteiger partial charge in [-0.3, -0.25) is 24.1 Å². The first-order valence-corrected chi connectivity index (χ1v) is 8.78. The lowest BCUT2D eigenvalue weighted by atomic mass is 9.99. The van der Waals surface area contributed by atoms with Gasteiger partial charge in [-0.15, -0.1) is 0 Å². The number of amides is 2. The number of carbonyl (C=O) groups excluding carboxylic acids is 5. The van der Waals surface area contributed by atoms with Crippen LogP contribution in [0.2, 0.25) is 0 Å². The maximum Gasteiger partial charge on any atom is 0.328 e. The van der Waals surface area contributed by atoms with Crippen molar-refractivity contribution in [3.63, 3.8) is 0 Å². The fraction of sp³-hybridized carbons (Fsp3) is 0.421. The van der Waals surface area contributed by atoms with Crippen LogP contribution in [0.25, 0.3) is 0 Å². The third-order valence-corrected chi connectivity index (χ3v) is 4.51. The van der Waals surface area contributed by atoms with Crippen LogP contribution in [-0.4, -0.2) is 55.8 Å². The molecule has 28 heavy (non-hydrogen) atoms. The molecule has 1 aliphatic heterocycles. The second-order valence-corrected chi connectivity index (χ2v) is 6.35. The Hall–Kier alpha value is -3.23. The summed E-state index contributed by atoms with van der Waals surface area (Å²) in [5.41, 5.74) is 0.536. The van der Waals surface area contributed by atoms with Crippen molar-refractivity contribution >= 4 is 35.2 Å². The van der Waals surface area contributed by atoms with Gasteiger partial charge in [0.2, 0.25) is 0 Å². The Morgan fingerprint density at radius 1 is 1.18 bits per heavy atom. The van der Waals surface area contributed by atoms with E-state index in [1.807, 2.05) is 6.92 Å². The minimum absolute atomic E-state index is 0.170. The Kier molecular flexibility index (Phi) is 6.86. The van der Waals surface area contributed by atoms with Crippen LogP contribution in [0.3, 0.4) is 0 Å². The summed E-state index contributed by atoms with van der Waals surface area (Å²) in [5.74, 6) is -3.82. The SMILES string of the molecule is CC[C@@H](C)[C@@H](NC(=O)COC(=O)CN1C(=O)C(=O)c2ccccc21)C(=O)OC. The van der Waals surface area contributed by atoms with Crippen LogP contribution in [0.1, 0.15) is 30.6 Å². The topological polar surface area (TPSA) is 119 Å². The molecule has 1 heterocycles. The molecule has 1 aliphatic rings. The number of esters is 2. The third-order valence-electron chi connectivity index (χ3n) is 4.51. The largest absolute Gasteiger partial charge is 0.467 e. The lowest BCUT2D eigenvalue weighted by molar-refractivity contribution is -0.150. The lowest BCUT2D eigenvalue weighted by Crippen LogP contribution is -2.47. The first kappa shape index (κ1) is 21.1. The molecule has 0 bridgehead atoms. The van der Waals surface area contributed by atoms with Gasteiger partial charge in [-0.05, 0) is 18.1 Å². The number of hydrogen-bond donors (Lipinski definition) is 1. The average Bonchev–Trinajstić information content (AvgIpc) is 2.94. The number of ether oxygens (including phenoxy) is 2. The molecule has 150 valence electrons. The molecule has 2 atom stereocenters. The lowest BCUT2D eigenvalue weighted by Gasteiger charge is -2.21. The first-order chi connectivity index (χ1) is 13.3. The Balaban J connectivity index is 1.92. The van der Waals surface area contributed by atoms with E-state index in [2.05, 4.69) is 10.1 Å². The molecule has 0 unspecified atom stereocenters. The molecule has 1 N–H and O–H groups in total. The van der Waals surface area contributed by atoms with E-state index in [-0.39, 0.29) is 11.5 Å². The zero-order valence-electron chi connectivity index (χ0n) is 15.9. The Labute approximate surface area is 162 Å². The molecule has 2 amide bonds. The van der Waals surface area contributed by atoms with Crippen molar-refractivity contribution in [2.45, 2.75) is 26.3 Å². The summed E-state index contributed by atoms with van der Waals surface area (Å²) in [6.45, 7) is 2.52. The Morgan fingerprint density at radius 3 is 2.50 bits per heavy atom. The van der Waals surface area contributed by atoms with Gasteiger partial charge in [0.25, 0.3) is 17.6 Å². The fourth-order valence-electron chi connectivity index (χ4n) is 2.74. The summed E-state index contributed by atoms with van der Waals surface area (Å²) in [7, 11) is 1.22. The Bertz CT molecular complexity index is 805. The molecule has 0 spiro atoms. The number of nitrogens with zero attached hydrogens (tertiary/aromatic N) is 1. The predicted octanol–water partition coefficient (Wildman–Crippen LogP) is 0.463. The molecule has 0 radical (unpaired) electrons. The van der Waals surface area contributed by atoms with Crippen LogP contribution in [0.5, 0.6) is 0 Å². The molecule has 1 aromatic rings. The predicted molar refractivity (Wildman–Crippen MR) is 97.5 cm³/mol. The van der Waals surface area contributed by atoms with Gasteiger partial charge in [-0.25, -0.2) is 4.79 Å². The van der Waals surface area contributed by atoms with E-state index in [4.69, 9.17) is 4.74 Å². The van der Waals surface area contributed by atoms with Gasteiger partial charge < -0.3 is 14.8 Å². The van der Waals surface area contributed by atoms with Crippen LogP contribution in [0, 0.1) is 5.92 Å². The number of fused-ring (bicyclic) bond motifs is 1. The highest BCUT2D eigenvalue weighted by atomic mass is 16.5. The number of benzene rings is 1. The smallest absolute Gasteiger partial charge is 0.328 e. The van der Waals surface area contributed by atoms with E-state index in [9.17, 15) is 24.0 Å². The molecule has 0 fully saturated rings. The number of carbonyl (C=O) groups is 5. The molecular formula is C19H22N2O7. The number of anilines is 1. The number of para-hydroxylation sites is 1. The van der Waals surface area contributed by atoms with Gasteiger partial charge in [-0.1, -0.05) is 32.4 Å². The maximum atomic E-state index is 12.0. The van der Waals surface area contributed by atoms with Gasteiger partial charge in [0.15, 0.2) is 6.61 Å². The highest BCUT2D eigenvalue weighted by Gasteiger charge is 2.36. The standard InChI is InChI=1S/C19H22N2O7/c1-4-11(2)16(19(26)27-3)20-14(22)10-28-15(23)9-21-13-8-6-5-7-12(13)17(24)18(21)25/h5-8,11,16H,4,9-10H2,1-3H3,(H,20,22)/t11-,16-/m1/s1. The summed E-state index contributed by atoms with van der Waals surface area (Å²) in [5, 5.41) is 2.47. The summed E-state index contributed by atoms with van der Waals surface area (Å²) in [6, 6.07) is 5.44. The molecule has 0 saturated carbocycles. The zero-order chi connectivity index (χ0) is 20.8. The van der Waals surface area contributed by atoms with Gasteiger partial charge >= 0.3 is 11.9 Å². The summed E-state index contributed by atoms with van der Waals surface area (Å²) in [4.78, 5) is 60.8. The second kappa shape index (κ2) is 9.12. The molecule has 2 rings (SSSR count). The molecular weight excluding hydrogens is 368 g/mol. The van der Waals surface area contributed by atoms with Crippen molar-refractivity contribution in [1.82, 2.24) is 5.32 Å². The molecule has 0 aliphatic carbocycles. The number of ketones is 1. The quantitative estimate of drug-likeness (QED) is 0.506. The van der Waals surface area contributed by atoms with Crippen molar-refractivity contribution in [2.24, 2.45) is 5.92 Å². The number of methoxy groups -OCH3 is 1. The minimum atomic E-state index is -0.856. The fourth-order valence-corrected chi connectivity index (χ4v) is 2.74. The van der Waals surface area contributed by atoms with Gasteiger partial charge in [0, 0.05) is 0 Å². The van der Waals surface area contributed by atoms with Crippen LogP contribution in [0.15, 0.2) is 24.3 Å². The molecule has 1 aromatic carbocycles. The van der Waals surface area contributed by atoms with E-state index in [0.29, 0.717) is 12.1 Å². The van der Waals surface area contributed by atoms with Crippen LogP contribution >= 0.6 is 0 Å². The maximum absolute atomic E-state index is 12.0. The third kappa shape index (κ3) is 4.54. The molecule has 9 heteroatoms. The molecule has 0 aromatic heterocycles. The monoisotopic (exact) mass is 390 g/mol. The van der Waals surface area contributed by atoms with Crippen LogP contribution in [-0.2, 0) is 28.7 Å². The van der Waals surface area contributed by atoms with Gasteiger partial charge in [0.05, 0.1) is 18.4 Å². The average molecular weight is 390 g/mol. The highest BCUT2D eigenvalue weighted by molar-refractivity contribution is 6.52. The summed E-state index contributed by atoms with van der Waals surface area (Å²) < 4.78 is 9.55. The van der Waals surface area contributed by atoms with Gasteiger partial charge in [-0.2, -0.15) is 0 Å². The normalized spacial score (nSPS) is 14.9. The highest BCUT2D eigenvalue weighted by Crippen LogP contribution is 2.28. The van der Waals surface area contributed by atoms with Crippen molar-refractivity contribution in [3.8, 4) is 0 Å². The number of Topliss-reactive ketones (excluding diaryl/α,β-unsaturated/α-hetero) is 1. The Morgan fingerprint density at radius 2 is 1.86 bits per heavy atom. The van der Waals surface area contributed by atoms with E-state index < -0.39 is 48.7 Å². The van der Waals surface area contributed by atoms with Crippen molar-refractivity contribution in [2.75, 3.05) is 25.2 Å². The summed E-state index contributed by atoms with van der Waals surface area (Å²) >= 11 is 0. The van der Waals surface area contributed by atoms with Crippen LogP contribution in [0.4, 0.5) is 5.69 Å². The van der Waals surface area contributed by atoms with Crippen LogP contribution < -0.4 is 10.2 Å². The number of rotatable bonds is 8. The van der Waals surface area contributed by atoms with E-state index in [0.717, 1.165) is 4.90 Å². The van der Waals surface area contributed by atoms with E-state index in [1.54, 1.807) is 25.1 Å². The van der Waals surface area contributed by atoms with Gasteiger partial charge in [0.1, 0.15) is 12.6 Å². The van der Waals surface area contributed by atoms with Crippen molar-refractivity contribution < 1.29 is 33.4 Å². The first-order valence-electron chi connectivity index (χ1n) is 8.78. The van der Waals surface area contributed by atoms with Crippen molar-refractivity contribution in [1.29, 1.82) is 0 Å². The number of hydrogen-bond acceptors (Lipinski definition) is 7. The molecule has 9 nitrogen and oxygen atoms in total. The minimum Gasteiger partial charge on any atom is -0.467 e. The number of nitrogens with one attached hydrogen (secondary N) is 1. The van der Waals surface area contributed by atoms with E-state index >= 15 is 0 Å². The molecule has 0 saturated heterocycles. The second-order valence-electron chi connectivity index (χ2n) is 6.35. The summed E-state index contributed by atoms with van der Waals surface area (Å²) in [6.07, 6.45) is 0.629. The van der Waals surface area contributed by atoms with Crippen molar-refractivity contribution in [3.05, 3.63) is 29.8 Å². The van der Waals surface area contributed by atoms with E-state index in [1.165, 1.54) is 13.2 Å².